The summed E-state index contributed by atoms with van der Waals surface area (Å²) in [6.45, 7) is 3.02. The maximum Gasteiger partial charge on any atom is 0.236 e. The lowest BCUT2D eigenvalue weighted by Crippen LogP contribution is -2.52. The van der Waals surface area contributed by atoms with Crippen molar-refractivity contribution in [1.29, 1.82) is 0 Å². The maximum absolute atomic E-state index is 12.6. The molecule has 0 aromatic heterocycles. The van der Waals surface area contributed by atoms with Gasteiger partial charge in [0.15, 0.2) is 0 Å². The van der Waals surface area contributed by atoms with Crippen molar-refractivity contribution in [3.8, 4) is 0 Å². The predicted octanol–water partition coefficient (Wildman–Crippen LogP) is 1.36. The van der Waals surface area contributed by atoms with Crippen molar-refractivity contribution in [2.45, 2.75) is 57.4 Å². The van der Waals surface area contributed by atoms with Crippen LogP contribution in [-0.4, -0.2) is 53.8 Å². The first-order valence-electron chi connectivity index (χ1n) is 8.96. The highest BCUT2D eigenvalue weighted by molar-refractivity contribution is 5.80. The third kappa shape index (κ3) is 3.45. The molecule has 5 heteroatoms. The monoisotopic (exact) mass is 307 g/mol. The fourth-order valence-corrected chi connectivity index (χ4v) is 4.61. The zero-order valence-corrected chi connectivity index (χ0v) is 13.5. The van der Waals surface area contributed by atoms with Gasteiger partial charge in [0, 0.05) is 25.0 Å². The van der Waals surface area contributed by atoms with Crippen LogP contribution in [0, 0.1) is 11.8 Å². The molecule has 0 radical (unpaired) electrons. The van der Waals surface area contributed by atoms with E-state index in [4.69, 9.17) is 5.73 Å². The normalized spacial score (nSPS) is 30.8. The van der Waals surface area contributed by atoms with E-state index in [2.05, 4.69) is 4.90 Å². The molecule has 0 bridgehead atoms. The van der Waals surface area contributed by atoms with E-state index in [0.717, 1.165) is 25.3 Å². The van der Waals surface area contributed by atoms with Crippen LogP contribution in [0.1, 0.15) is 51.4 Å². The Labute approximate surface area is 133 Å². The molecule has 3 aliphatic rings. The van der Waals surface area contributed by atoms with Gasteiger partial charge in [-0.3, -0.25) is 14.5 Å². The van der Waals surface area contributed by atoms with E-state index >= 15 is 0 Å². The molecule has 2 aliphatic heterocycles. The van der Waals surface area contributed by atoms with Gasteiger partial charge in [0.1, 0.15) is 0 Å². The van der Waals surface area contributed by atoms with E-state index in [1.807, 2.05) is 4.90 Å². The van der Waals surface area contributed by atoms with Gasteiger partial charge in [-0.2, -0.15) is 0 Å². The number of primary amides is 1. The number of fused-ring (bicyclic) bond motifs is 1. The number of hydrogen-bond acceptors (Lipinski definition) is 3. The van der Waals surface area contributed by atoms with Crippen molar-refractivity contribution < 1.29 is 9.59 Å². The summed E-state index contributed by atoms with van der Waals surface area (Å²) in [5.41, 5.74) is 5.36. The molecule has 2 heterocycles. The van der Waals surface area contributed by atoms with E-state index < -0.39 is 0 Å². The van der Waals surface area contributed by atoms with E-state index in [1.54, 1.807) is 0 Å². The molecule has 2 N–H and O–H groups in total. The highest BCUT2D eigenvalue weighted by atomic mass is 16.2. The van der Waals surface area contributed by atoms with Gasteiger partial charge in [0.05, 0.1) is 6.54 Å². The number of carbonyl (C=O) groups excluding carboxylic acids is 2. The SMILES string of the molecule is NC(=O)C1CCN(C(=O)CN2CCC[C@@H]3CCCC[C@@H]32)CC1. The molecule has 3 fully saturated rings. The number of rotatable bonds is 3. The van der Waals surface area contributed by atoms with Gasteiger partial charge in [-0.05, 0) is 51.0 Å². The summed E-state index contributed by atoms with van der Waals surface area (Å²) in [6, 6.07) is 0.634. The molecule has 2 amide bonds. The number of nitrogens with zero attached hydrogens (tertiary/aromatic N) is 2. The zero-order valence-electron chi connectivity index (χ0n) is 13.5. The first-order chi connectivity index (χ1) is 10.6. The highest BCUT2D eigenvalue weighted by Gasteiger charge is 2.35. The van der Waals surface area contributed by atoms with Gasteiger partial charge in [-0.15, -0.1) is 0 Å². The number of amides is 2. The zero-order chi connectivity index (χ0) is 15.5. The van der Waals surface area contributed by atoms with Crippen LogP contribution in [0.2, 0.25) is 0 Å². The Balaban J connectivity index is 1.52. The fourth-order valence-electron chi connectivity index (χ4n) is 4.61. The van der Waals surface area contributed by atoms with Crippen LogP contribution in [0.15, 0.2) is 0 Å². The lowest BCUT2D eigenvalue weighted by molar-refractivity contribution is -0.137. The molecule has 0 aromatic carbocycles. The van der Waals surface area contributed by atoms with Gasteiger partial charge in [0.25, 0.3) is 0 Å². The van der Waals surface area contributed by atoms with Crippen LogP contribution >= 0.6 is 0 Å². The second kappa shape index (κ2) is 6.99. The summed E-state index contributed by atoms with van der Waals surface area (Å²) >= 11 is 0. The Kier molecular flexibility index (Phi) is 5.01. The van der Waals surface area contributed by atoms with Crippen molar-refractivity contribution in [2.24, 2.45) is 17.6 Å². The predicted molar refractivity (Wildman–Crippen MR) is 85.1 cm³/mol. The minimum Gasteiger partial charge on any atom is -0.369 e. The van der Waals surface area contributed by atoms with Crippen molar-refractivity contribution >= 4 is 11.8 Å². The molecule has 2 saturated heterocycles. The molecule has 5 nitrogen and oxygen atoms in total. The molecule has 1 aliphatic carbocycles. The summed E-state index contributed by atoms with van der Waals surface area (Å²) in [5, 5.41) is 0. The Morgan fingerprint density at radius 1 is 0.909 bits per heavy atom. The van der Waals surface area contributed by atoms with Gasteiger partial charge < -0.3 is 10.6 Å². The number of carbonyl (C=O) groups is 2. The van der Waals surface area contributed by atoms with Gasteiger partial charge in [-0.25, -0.2) is 0 Å². The van der Waals surface area contributed by atoms with E-state index in [0.29, 0.717) is 25.7 Å². The molecule has 0 unspecified atom stereocenters. The van der Waals surface area contributed by atoms with Gasteiger partial charge >= 0.3 is 0 Å². The average Bonchev–Trinajstić information content (AvgIpc) is 2.55. The molecule has 1 saturated carbocycles. The third-order valence-electron chi connectivity index (χ3n) is 5.95. The van der Waals surface area contributed by atoms with Crippen molar-refractivity contribution in [1.82, 2.24) is 9.80 Å². The lowest BCUT2D eigenvalue weighted by Gasteiger charge is -2.44. The fraction of sp³-hybridized carbons (Fsp3) is 0.882. The molecule has 2 atom stereocenters. The van der Waals surface area contributed by atoms with Crippen molar-refractivity contribution in [3.63, 3.8) is 0 Å². The van der Waals surface area contributed by atoms with Crippen LogP contribution < -0.4 is 5.73 Å². The first kappa shape index (κ1) is 15.8. The molecule has 124 valence electrons. The minimum atomic E-state index is -0.215. The second-order valence-electron chi connectivity index (χ2n) is 7.28. The topological polar surface area (TPSA) is 66.6 Å². The standard InChI is InChI=1S/C17H29N3O2/c18-17(22)14-7-10-19(11-8-14)16(21)12-20-9-3-5-13-4-1-2-6-15(13)20/h13-15H,1-12H2,(H2,18,22)/t13-,15-/m0/s1. The van der Waals surface area contributed by atoms with E-state index in [9.17, 15) is 9.59 Å². The largest absolute Gasteiger partial charge is 0.369 e. The molecular weight excluding hydrogens is 278 g/mol. The average molecular weight is 307 g/mol. The molecule has 3 rings (SSSR count). The summed E-state index contributed by atoms with van der Waals surface area (Å²) < 4.78 is 0. The van der Waals surface area contributed by atoms with Crippen LogP contribution in [0.5, 0.6) is 0 Å². The van der Waals surface area contributed by atoms with Gasteiger partial charge in [0.2, 0.25) is 11.8 Å². The van der Waals surface area contributed by atoms with Crippen LogP contribution in [-0.2, 0) is 9.59 Å². The third-order valence-corrected chi connectivity index (χ3v) is 5.95. The number of piperidine rings is 2. The lowest BCUT2D eigenvalue weighted by atomic mass is 9.78. The number of nitrogens with two attached hydrogens (primary N) is 1. The Morgan fingerprint density at radius 2 is 1.59 bits per heavy atom. The van der Waals surface area contributed by atoms with Gasteiger partial charge in [-0.1, -0.05) is 12.8 Å². The van der Waals surface area contributed by atoms with Crippen LogP contribution in [0.3, 0.4) is 0 Å². The number of hydrogen-bond donors (Lipinski definition) is 1. The summed E-state index contributed by atoms with van der Waals surface area (Å²) in [6.07, 6.45) is 9.33. The van der Waals surface area contributed by atoms with Crippen molar-refractivity contribution in [3.05, 3.63) is 0 Å². The Bertz CT molecular complexity index is 416. The van der Waals surface area contributed by atoms with E-state index in [-0.39, 0.29) is 17.7 Å². The molecule has 0 aromatic rings. The summed E-state index contributed by atoms with van der Waals surface area (Å²) in [7, 11) is 0. The first-order valence-corrected chi connectivity index (χ1v) is 8.96. The minimum absolute atomic E-state index is 0.0400. The summed E-state index contributed by atoms with van der Waals surface area (Å²) in [4.78, 5) is 28.2. The van der Waals surface area contributed by atoms with Crippen LogP contribution in [0.25, 0.3) is 0 Å². The quantitative estimate of drug-likeness (QED) is 0.856. The molecular formula is C17H29N3O2. The molecule has 0 spiro atoms. The number of likely N-dealkylation sites (tertiary alicyclic amines) is 2. The van der Waals surface area contributed by atoms with Crippen molar-refractivity contribution in [2.75, 3.05) is 26.2 Å². The maximum atomic E-state index is 12.6. The Morgan fingerprint density at radius 3 is 2.32 bits per heavy atom. The van der Waals surface area contributed by atoms with Crippen LogP contribution in [0.4, 0.5) is 0 Å². The Hall–Kier alpha value is -1.10. The second-order valence-corrected chi connectivity index (χ2v) is 7.28. The summed E-state index contributed by atoms with van der Waals surface area (Å²) in [5.74, 6) is 0.806. The van der Waals surface area contributed by atoms with E-state index in [1.165, 1.54) is 38.5 Å². The smallest absolute Gasteiger partial charge is 0.236 e. The molecule has 22 heavy (non-hydrogen) atoms. The highest BCUT2D eigenvalue weighted by Crippen LogP contribution is 2.35.